The monoisotopic (exact) mass is 407 g/mol. The first-order valence-electron chi connectivity index (χ1n) is 9.06. The molecule has 0 bridgehead atoms. The van der Waals surface area contributed by atoms with Crippen LogP contribution in [0, 0.1) is 0 Å². The summed E-state index contributed by atoms with van der Waals surface area (Å²) in [6.07, 6.45) is 1.52. The molecule has 1 aliphatic rings. The summed E-state index contributed by atoms with van der Waals surface area (Å²) in [5.41, 5.74) is 3.33. The summed E-state index contributed by atoms with van der Waals surface area (Å²) in [5, 5.41) is 5.80. The highest BCUT2D eigenvalue weighted by molar-refractivity contribution is 7.91. The van der Waals surface area contributed by atoms with Crippen LogP contribution >= 0.6 is 11.3 Å². The average Bonchev–Trinajstić information content (AvgIpc) is 3.21. The number of carbonyl (C=O) groups excluding carboxylic acids is 1. The second-order valence-corrected chi connectivity index (χ2v) is 10.1. The molecule has 1 atom stereocenters. The molecule has 1 saturated heterocycles. The molecule has 0 aliphatic carbocycles. The molecule has 8 heteroatoms. The van der Waals surface area contributed by atoms with Crippen LogP contribution in [0.1, 0.15) is 24.6 Å². The fraction of sp³-hybridized carbons (Fsp3) is 0.474. The summed E-state index contributed by atoms with van der Waals surface area (Å²) in [5.74, 6) is 0.0637. The highest BCUT2D eigenvalue weighted by Crippen LogP contribution is 2.24. The Bertz CT molecular complexity index is 891. The Kier molecular flexibility index (Phi) is 6.29. The Labute approximate surface area is 164 Å². The van der Waals surface area contributed by atoms with Gasteiger partial charge in [0.2, 0.25) is 5.91 Å². The van der Waals surface area contributed by atoms with E-state index in [-0.39, 0.29) is 30.0 Å². The highest BCUT2D eigenvalue weighted by atomic mass is 32.2. The lowest BCUT2D eigenvalue weighted by atomic mass is 10.1. The average molecular weight is 408 g/mol. The maximum Gasteiger partial charge on any atom is 0.234 e. The largest absolute Gasteiger partial charge is 0.351 e. The number of nitrogens with one attached hydrogen (secondary N) is 1. The van der Waals surface area contributed by atoms with Gasteiger partial charge in [0.25, 0.3) is 0 Å². The van der Waals surface area contributed by atoms with E-state index in [9.17, 15) is 13.2 Å². The minimum atomic E-state index is -2.98. The van der Waals surface area contributed by atoms with Crippen molar-refractivity contribution in [3.63, 3.8) is 0 Å². The fourth-order valence-corrected chi connectivity index (χ4v) is 5.65. The second kappa shape index (κ2) is 8.50. The molecule has 0 radical (unpaired) electrons. The van der Waals surface area contributed by atoms with Crippen LogP contribution in [0.2, 0.25) is 0 Å². The van der Waals surface area contributed by atoms with Gasteiger partial charge in [-0.05, 0) is 25.5 Å². The van der Waals surface area contributed by atoms with Crippen molar-refractivity contribution in [2.75, 3.05) is 25.1 Å². The molecular weight excluding hydrogens is 382 g/mol. The van der Waals surface area contributed by atoms with Gasteiger partial charge >= 0.3 is 0 Å². The van der Waals surface area contributed by atoms with E-state index in [0.717, 1.165) is 22.7 Å². The highest BCUT2D eigenvalue weighted by Gasteiger charge is 2.29. The van der Waals surface area contributed by atoms with Gasteiger partial charge in [-0.15, -0.1) is 11.3 Å². The molecule has 0 spiro atoms. The molecule has 1 aromatic carbocycles. The predicted octanol–water partition coefficient (Wildman–Crippen LogP) is 2.11. The standard InChI is InChI=1S/C19H25N3O3S2/c1-3-14-4-6-15(7-5-14)19-21-17(12-26-19)10-22(2)11-18(23)20-16-8-9-27(24,25)13-16/h4-7,12,16H,3,8-11,13H2,1-2H3,(H,20,23). The van der Waals surface area contributed by atoms with Crippen LogP contribution in [0.25, 0.3) is 10.6 Å². The minimum absolute atomic E-state index is 0.0503. The summed E-state index contributed by atoms with van der Waals surface area (Å²) in [6, 6.07) is 8.17. The Morgan fingerprint density at radius 1 is 1.33 bits per heavy atom. The molecule has 2 heterocycles. The number of thiazole rings is 1. The lowest BCUT2D eigenvalue weighted by Gasteiger charge is -2.17. The molecule has 6 nitrogen and oxygen atoms in total. The van der Waals surface area contributed by atoms with Gasteiger partial charge in [0, 0.05) is 23.5 Å². The fourth-order valence-electron chi connectivity index (χ4n) is 3.15. The molecule has 3 rings (SSSR count). The first-order valence-corrected chi connectivity index (χ1v) is 11.8. The smallest absolute Gasteiger partial charge is 0.234 e. The second-order valence-electron chi connectivity index (χ2n) is 7.03. The number of nitrogens with zero attached hydrogens (tertiary/aromatic N) is 2. The predicted molar refractivity (Wildman–Crippen MR) is 108 cm³/mol. The Morgan fingerprint density at radius 2 is 2.07 bits per heavy atom. The molecule has 1 unspecified atom stereocenters. The van der Waals surface area contributed by atoms with Crippen molar-refractivity contribution >= 4 is 27.1 Å². The van der Waals surface area contributed by atoms with Crippen LogP contribution in [-0.4, -0.2) is 55.3 Å². The number of carbonyl (C=O) groups is 1. The number of aromatic nitrogens is 1. The van der Waals surface area contributed by atoms with E-state index in [4.69, 9.17) is 0 Å². The summed E-state index contributed by atoms with van der Waals surface area (Å²) in [4.78, 5) is 18.7. The quantitative estimate of drug-likeness (QED) is 0.760. The number of rotatable bonds is 7. The SMILES string of the molecule is CCc1ccc(-c2nc(CN(C)CC(=O)NC3CCS(=O)(=O)C3)cs2)cc1. The Hall–Kier alpha value is -1.77. The number of hydrogen-bond donors (Lipinski definition) is 1. The number of amides is 1. The molecule has 146 valence electrons. The van der Waals surface area contributed by atoms with Gasteiger partial charge in [0.15, 0.2) is 9.84 Å². The van der Waals surface area contributed by atoms with Crippen LogP contribution in [0.15, 0.2) is 29.6 Å². The first-order chi connectivity index (χ1) is 12.8. The summed E-state index contributed by atoms with van der Waals surface area (Å²) in [7, 11) is -1.12. The van der Waals surface area contributed by atoms with Crippen molar-refractivity contribution < 1.29 is 13.2 Å². The van der Waals surface area contributed by atoms with Gasteiger partial charge in [-0.3, -0.25) is 9.69 Å². The Morgan fingerprint density at radius 3 is 2.70 bits per heavy atom. The lowest BCUT2D eigenvalue weighted by molar-refractivity contribution is -0.122. The van der Waals surface area contributed by atoms with Crippen molar-refractivity contribution in [2.45, 2.75) is 32.4 Å². The normalized spacial score (nSPS) is 18.7. The molecule has 27 heavy (non-hydrogen) atoms. The lowest BCUT2D eigenvalue weighted by Crippen LogP contribution is -2.41. The zero-order chi connectivity index (χ0) is 19.4. The summed E-state index contributed by atoms with van der Waals surface area (Å²) < 4.78 is 22.9. The first kappa shape index (κ1) is 20.0. The third-order valence-electron chi connectivity index (χ3n) is 4.60. The third kappa shape index (κ3) is 5.60. The number of aryl methyl sites for hydroxylation is 1. The number of hydrogen-bond acceptors (Lipinski definition) is 6. The van der Waals surface area contributed by atoms with Gasteiger partial charge in [0.05, 0.1) is 23.7 Å². The van der Waals surface area contributed by atoms with Gasteiger partial charge in [0.1, 0.15) is 5.01 Å². The Balaban J connectivity index is 1.51. The molecule has 2 aromatic rings. The van der Waals surface area contributed by atoms with Crippen LogP contribution in [0.3, 0.4) is 0 Å². The summed E-state index contributed by atoms with van der Waals surface area (Å²) >= 11 is 1.60. The van der Waals surface area contributed by atoms with E-state index in [1.807, 2.05) is 17.3 Å². The number of likely N-dealkylation sites (N-methyl/N-ethyl adjacent to an activating group) is 1. The van der Waals surface area contributed by atoms with Crippen LogP contribution in [0.4, 0.5) is 0 Å². The molecule has 1 amide bonds. The van der Waals surface area contributed by atoms with E-state index >= 15 is 0 Å². The van der Waals surface area contributed by atoms with Crippen molar-refractivity contribution in [2.24, 2.45) is 0 Å². The van der Waals surface area contributed by atoms with Gasteiger partial charge in [-0.2, -0.15) is 0 Å². The molecule has 0 saturated carbocycles. The van der Waals surface area contributed by atoms with E-state index in [0.29, 0.717) is 13.0 Å². The van der Waals surface area contributed by atoms with Crippen LogP contribution < -0.4 is 5.32 Å². The van der Waals surface area contributed by atoms with Crippen molar-refractivity contribution in [1.29, 1.82) is 0 Å². The van der Waals surface area contributed by atoms with Gasteiger partial charge in [-0.25, -0.2) is 13.4 Å². The molecule has 1 aromatic heterocycles. The maximum absolute atomic E-state index is 12.1. The van der Waals surface area contributed by atoms with Crippen molar-refractivity contribution in [3.8, 4) is 10.6 Å². The number of benzene rings is 1. The van der Waals surface area contributed by atoms with E-state index in [1.165, 1.54) is 5.56 Å². The van der Waals surface area contributed by atoms with Gasteiger partial charge < -0.3 is 5.32 Å². The zero-order valence-electron chi connectivity index (χ0n) is 15.6. The van der Waals surface area contributed by atoms with Crippen LogP contribution in [-0.2, 0) is 27.6 Å². The maximum atomic E-state index is 12.1. The topological polar surface area (TPSA) is 79.4 Å². The van der Waals surface area contributed by atoms with E-state index in [1.54, 1.807) is 11.3 Å². The van der Waals surface area contributed by atoms with Crippen molar-refractivity contribution in [3.05, 3.63) is 40.9 Å². The van der Waals surface area contributed by atoms with Crippen LogP contribution in [0.5, 0.6) is 0 Å². The van der Waals surface area contributed by atoms with E-state index < -0.39 is 9.84 Å². The van der Waals surface area contributed by atoms with Crippen molar-refractivity contribution in [1.82, 2.24) is 15.2 Å². The zero-order valence-corrected chi connectivity index (χ0v) is 17.3. The minimum Gasteiger partial charge on any atom is -0.351 e. The molecule has 1 aliphatic heterocycles. The van der Waals surface area contributed by atoms with Gasteiger partial charge in [-0.1, -0.05) is 31.2 Å². The van der Waals surface area contributed by atoms with E-state index in [2.05, 4.69) is 41.5 Å². The summed E-state index contributed by atoms with van der Waals surface area (Å²) in [6.45, 7) is 2.92. The molecule has 1 N–H and O–H groups in total. The molecular formula is C19H25N3O3S2. The molecule has 1 fully saturated rings. The number of sulfone groups is 1. The third-order valence-corrected chi connectivity index (χ3v) is 7.31.